The fraction of sp³-hybridized carbons (Fsp3) is 0.525. The Morgan fingerprint density at radius 1 is 0.600 bits per heavy atom. The fourth-order valence-corrected chi connectivity index (χ4v) is 7.53. The molecule has 8 rings (SSSR count). The predicted molar refractivity (Wildman–Crippen MR) is 194 cm³/mol. The van der Waals surface area contributed by atoms with Crippen LogP contribution in [0.25, 0.3) is 0 Å². The van der Waals surface area contributed by atoms with Gasteiger partial charge in [-0.25, -0.2) is 18.2 Å². The summed E-state index contributed by atoms with van der Waals surface area (Å²) in [6.07, 6.45) is 11.5. The van der Waals surface area contributed by atoms with Gasteiger partial charge < -0.3 is 18.9 Å². The maximum Gasteiger partial charge on any atom is 0.168 e. The number of carbonyl (C=O) groups is 1. The molecule has 0 N–H and O–H groups in total. The van der Waals surface area contributed by atoms with E-state index in [0.29, 0.717) is 80.6 Å². The molecule has 0 unspecified atom stereocenters. The topological polar surface area (TPSA) is 164 Å². The second-order valence-electron chi connectivity index (χ2n) is 14.1. The van der Waals surface area contributed by atoms with Gasteiger partial charge in [-0.1, -0.05) is 0 Å². The second kappa shape index (κ2) is 19.0. The van der Waals surface area contributed by atoms with Crippen LogP contribution in [0.1, 0.15) is 88.4 Å². The molecule has 2 spiro atoms. The number of rotatable bonds is 2. The maximum atomic E-state index is 12.9. The minimum absolute atomic E-state index is 0.188. The molecule has 55 heavy (non-hydrogen) atoms. The van der Waals surface area contributed by atoms with E-state index in [0.717, 1.165) is 51.3 Å². The van der Waals surface area contributed by atoms with Crippen molar-refractivity contribution in [3.63, 3.8) is 0 Å². The molecule has 0 amide bonds. The third kappa shape index (κ3) is 10.9. The van der Waals surface area contributed by atoms with Crippen molar-refractivity contribution in [1.82, 2.24) is 15.0 Å². The minimum Gasteiger partial charge on any atom is -0.348 e. The minimum atomic E-state index is -0.707. The van der Waals surface area contributed by atoms with Gasteiger partial charge in [-0.2, -0.15) is 15.8 Å². The lowest BCUT2D eigenvalue weighted by molar-refractivity contribution is -0.182. The van der Waals surface area contributed by atoms with Crippen LogP contribution >= 0.6 is 15.9 Å². The van der Waals surface area contributed by atoms with Gasteiger partial charge in [-0.15, -0.1) is 0 Å². The normalized spacial score (nSPS) is 22.6. The third-order valence-electron chi connectivity index (χ3n) is 10.6. The van der Waals surface area contributed by atoms with Gasteiger partial charge in [0.1, 0.15) is 33.3 Å². The molecule has 15 heteroatoms. The van der Waals surface area contributed by atoms with Crippen LogP contribution in [-0.4, -0.2) is 58.7 Å². The van der Waals surface area contributed by atoms with Crippen molar-refractivity contribution in [2.45, 2.75) is 99.5 Å². The Morgan fingerprint density at radius 3 is 1.38 bits per heavy atom. The SMILES string of the molecule is Fc1ccc(Br)nc1.N#CC1(c2ccc(F)cn2)CCC(=O)CC1.N#CC1(c2ccc(F)cn2)CCC2(CC1)OCCO2.N#CC1CCC2(CC1)OCCO2. The summed E-state index contributed by atoms with van der Waals surface area (Å²) in [6, 6.07) is 15.6. The number of aromatic nitrogens is 3. The Hall–Kier alpha value is -4.30. The van der Waals surface area contributed by atoms with Crippen LogP contribution in [0.4, 0.5) is 13.2 Å². The Kier molecular flexibility index (Phi) is 14.5. The lowest BCUT2D eigenvalue weighted by Gasteiger charge is -2.39. The Labute approximate surface area is 326 Å². The number of halogens is 4. The van der Waals surface area contributed by atoms with Gasteiger partial charge in [-0.3, -0.25) is 14.8 Å². The first-order valence-electron chi connectivity index (χ1n) is 18.3. The molecule has 3 aliphatic carbocycles. The van der Waals surface area contributed by atoms with Crippen LogP contribution in [0.2, 0.25) is 0 Å². The van der Waals surface area contributed by atoms with Gasteiger partial charge in [0.2, 0.25) is 0 Å². The molecule has 0 aromatic carbocycles. The highest BCUT2D eigenvalue weighted by molar-refractivity contribution is 9.10. The lowest BCUT2D eigenvalue weighted by Crippen LogP contribution is -2.41. The molecule has 0 radical (unpaired) electrons. The second-order valence-corrected chi connectivity index (χ2v) is 14.9. The summed E-state index contributed by atoms with van der Waals surface area (Å²) >= 11 is 3.07. The van der Waals surface area contributed by atoms with E-state index < -0.39 is 22.4 Å². The van der Waals surface area contributed by atoms with Gasteiger partial charge in [0.05, 0.1) is 80.0 Å². The summed E-state index contributed by atoms with van der Waals surface area (Å²) in [4.78, 5) is 22.8. The van der Waals surface area contributed by atoms with E-state index in [1.807, 2.05) is 0 Å². The molecule has 3 saturated carbocycles. The van der Waals surface area contributed by atoms with Crippen molar-refractivity contribution >= 4 is 21.7 Å². The van der Waals surface area contributed by atoms with Gasteiger partial charge in [-0.05, 0) is 90.9 Å². The van der Waals surface area contributed by atoms with E-state index in [-0.39, 0.29) is 29.1 Å². The first kappa shape index (κ1) is 41.9. The van der Waals surface area contributed by atoms with Crippen molar-refractivity contribution in [2.24, 2.45) is 5.92 Å². The third-order valence-corrected chi connectivity index (χ3v) is 11.1. The Bertz CT molecular complexity index is 1800. The molecule has 0 atom stereocenters. The summed E-state index contributed by atoms with van der Waals surface area (Å²) in [5.41, 5.74) is -0.135. The summed E-state index contributed by atoms with van der Waals surface area (Å²) in [5, 5.41) is 27.5. The van der Waals surface area contributed by atoms with Gasteiger partial charge in [0, 0.05) is 44.4 Å². The smallest absolute Gasteiger partial charge is 0.168 e. The van der Waals surface area contributed by atoms with Gasteiger partial charge >= 0.3 is 0 Å². The molecule has 3 aromatic rings. The van der Waals surface area contributed by atoms with Crippen molar-refractivity contribution in [2.75, 3.05) is 26.4 Å². The number of ketones is 1. The highest BCUT2D eigenvalue weighted by Gasteiger charge is 2.48. The molecule has 2 aliphatic heterocycles. The quantitative estimate of drug-likeness (QED) is 0.231. The summed E-state index contributed by atoms with van der Waals surface area (Å²) in [5.74, 6) is -1.49. The lowest BCUT2D eigenvalue weighted by atomic mass is 9.70. The number of carbonyl (C=O) groups excluding carboxylic acids is 1. The summed E-state index contributed by atoms with van der Waals surface area (Å²) < 4.78 is 60.7. The number of hydrogen-bond acceptors (Lipinski definition) is 11. The van der Waals surface area contributed by atoms with Crippen LogP contribution in [0, 0.1) is 57.4 Å². The van der Waals surface area contributed by atoms with Crippen LogP contribution < -0.4 is 0 Å². The number of nitrogens with zero attached hydrogens (tertiary/aromatic N) is 6. The van der Waals surface area contributed by atoms with Crippen LogP contribution in [0.5, 0.6) is 0 Å². The van der Waals surface area contributed by atoms with E-state index >= 15 is 0 Å². The molecule has 11 nitrogen and oxygen atoms in total. The van der Waals surface area contributed by atoms with E-state index in [9.17, 15) is 28.5 Å². The number of Topliss-reactive ketones (excluding diaryl/α,β-unsaturated/α-hetero) is 1. The largest absolute Gasteiger partial charge is 0.348 e. The summed E-state index contributed by atoms with van der Waals surface area (Å²) in [7, 11) is 0. The zero-order chi connectivity index (χ0) is 39.4. The number of nitriles is 3. The van der Waals surface area contributed by atoms with Crippen molar-refractivity contribution < 1.29 is 36.9 Å². The Morgan fingerprint density at radius 2 is 1.02 bits per heavy atom. The van der Waals surface area contributed by atoms with E-state index in [4.69, 9.17) is 24.2 Å². The van der Waals surface area contributed by atoms with Crippen LogP contribution in [0.15, 0.2) is 59.6 Å². The first-order valence-corrected chi connectivity index (χ1v) is 19.1. The molecule has 5 fully saturated rings. The van der Waals surface area contributed by atoms with Gasteiger partial charge in [0.15, 0.2) is 11.6 Å². The average molecular weight is 824 g/mol. The van der Waals surface area contributed by atoms with Crippen molar-refractivity contribution in [3.05, 3.63) is 88.4 Å². The molecule has 5 aliphatic rings. The molecule has 5 heterocycles. The number of ether oxygens (including phenoxy) is 4. The number of pyridine rings is 3. The maximum absolute atomic E-state index is 12.9. The van der Waals surface area contributed by atoms with E-state index in [1.54, 1.807) is 12.1 Å². The summed E-state index contributed by atoms with van der Waals surface area (Å²) in [6.45, 7) is 2.68. The zero-order valence-electron chi connectivity index (χ0n) is 30.3. The fourth-order valence-electron chi connectivity index (χ4n) is 7.30. The standard InChI is InChI=1S/C14H15FN2O2.C12H11FN2O.C9H13NO2.C5H3BrFN/c15-11-1-2-12(17-9-11)13(10-16)3-5-14(6-4-13)18-7-8-19-14;13-9-1-2-11(15-7-9)12(8-14)5-3-10(16)4-6-12;10-7-8-1-3-9(4-2-8)11-5-6-12-9;6-5-2-1-4(7)3-8-5/h1-2,9H,3-8H2;1-2,7H,3-6H2;8H,1-6H2;1-3H. The predicted octanol–water partition coefficient (Wildman–Crippen LogP) is 7.85. The van der Waals surface area contributed by atoms with Crippen LogP contribution in [-0.2, 0) is 34.6 Å². The zero-order valence-corrected chi connectivity index (χ0v) is 31.9. The molecule has 290 valence electrons. The van der Waals surface area contributed by atoms with Crippen LogP contribution in [0.3, 0.4) is 0 Å². The monoisotopic (exact) mass is 822 g/mol. The first-order chi connectivity index (χ1) is 26.5. The highest BCUT2D eigenvalue weighted by atomic mass is 79.9. The van der Waals surface area contributed by atoms with Crippen molar-refractivity contribution in [3.8, 4) is 18.2 Å². The van der Waals surface area contributed by atoms with Gasteiger partial charge in [0.25, 0.3) is 0 Å². The molecular formula is C40H42BrF3N6O5. The molecule has 2 saturated heterocycles. The van der Waals surface area contributed by atoms with E-state index in [1.165, 1.54) is 30.5 Å². The molecular weight excluding hydrogens is 781 g/mol. The Balaban J connectivity index is 0.000000147. The highest BCUT2D eigenvalue weighted by Crippen LogP contribution is 2.45. The average Bonchev–Trinajstić information content (AvgIpc) is 3.89. The van der Waals surface area contributed by atoms with Crippen molar-refractivity contribution in [1.29, 1.82) is 15.8 Å². The molecule has 3 aromatic heterocycles. The molecule has 0 bridgehead atoms. The number of hydrogen-bond donors (Lipinski definition) is 0. The van der Waals surface area contributed by atoms with E-state index in [2.05, 4.69) is 49.1 Å².